The molecule has 0 fully saturated rings. The Morgan fingerprint density at radius 1 is 0.420 bits per heavy atom. The largest absolute Gasteiger partial charge is 0.456 e. The van der Waals surface area contributed by atoms with E-state index < -0.39 is 0 Å². The zero-order chi connectivity index (χ0) is 33.8. The Kier molecular flexibility index (Phi) is 7.07. The van der Waals surface area contributed by atoms with Crippen LogP contribution < -0.4 is 4.90 Å². The predicted octanol–water partition coefficient (Wildman–Crippen LogP) is 14.0. The van der Waals surface area contributed by atoms with Gasteiger partial charge < -0.3 is 9.32 Å². The molecule has 0 atom stereocenters. The molecule has 50 heavy (non-hydrogen) atoms. The van der Waals surface area contributed by atoms with Crippen molar-refractivity contribution in [2.45, 2.75) is 26.2 Å². The van der Waals surface area contributed by atoms with Crippen LogP contribution in [0.3, 0.4) is 0 Å². The molecule has 8 aromatic carbocycles. The van der Waals surface area contributed by atoms with Crippen LogP contribution in [-0.4, -0.2) is 0 Å². The number of rotatable bonds is 5. The van der Waals surface area contributed by atoms with Gasteiger partial charge in [-0.2, -0.15) is 0 Å². The van der Waals surface area contributed by atoms with Gasteiger partial charge in [0.2, 0.25) is 0 Å². The third-order valence-electron chi connectivity index (χ3n) is 9.92. The second kappa shape index (κ2) is 11.8. The summed E-state index contributed by atoms with van der Waals surface area (Å²) in [6.07, 6.45) is 0. The highest BCUT2D eigenvalue weighted by Gasteiger charge is 2.27. The minimum atomic E-state index is -0.0983. The van der Waals surface area contributed by atoms with Crippen molar-refractivity contribution in [1.29, 1.82) is 0 Å². The number of hydrogen-bond donors (Lipinski definition) is 0. The van der Waals surface area contributed by atoms with Crippen LogP contribution in [0, 0.1) is 0 Å². The van der Waals surface area contributed by atoms with Gasteiger partial charge in [-0.3, -0.25) is 0 Å². The first-order valence-corrected chi connectivity index (χ1v) is 17.3. The van der Waals surface area contributed by atoms with Crippen molar-refractivity contribution in [2.24, 2.45) is 0 Å². The lowest BCUT2D eigenvalue weighted by Crippen LogP contribution is -2.12. The van der Waals surface area contributed by atoms with Crippen LogP contribution >= 0.6 is 0 Å². The van der Waals surface area contributed by atoms with Crippen LogP contribution in [0.15, 0.2) is 174 Å². The van der Waals surface area contributed by atoms with Crippen LogP contribution in [0.5, 0.6) is 0 Å². The summed E-state index contributed by atoms with van der Waals surface area (Å²) < 4.78 is 6.63. The monoisotopic (exact) mass is 643 g/mol. The van der Waals surface area contributed by atoms with Crippen molar-refractivity contribution in [2.75, 3.05) is 4.90 Å². The third kappa shape index (κ3) is 5.12. The minimum Gasteiger partial charge on any atom is -0.456 e. The molecule has 0 saturated heterocycles. The lowest BCUT2D eigenvalue weighted by molar-refractivity contribution is 0.568. The molecular weight excluding hydrogens is 607 g/mol. The lowest BCUT2D eigenvalue weighted by atomic mass is 9.83. The quantitative estimate of drug-likeness (QED) is 0.174. The maximum absolute atomic E-state index is 6.63. The van der Waals surface area contributed by atoms with Crippen molar-refractivity contribution in [1.82, 2.24) is 0 Å². The zero-order valence-corrected chi connectivity index (χ0v) is 28.5. The SMILES string of the molecule is CC(C)(C)c1c(-c2cccc(N(c3ccc(-c4ccc5c(ccc6ccccc65)c4)cc3)c3cccc4ccccc34)c2)oc2ccccc12. The van der Waals surface area contributed by atoms with Crippen molar-refractivity contribution in [3.63, 3.8) is 0 Å². The average molecular weight is 644 g/mol. The number of fused-ring (bicyclic) bond motifs is 5. The Morgan fingerprint density at radius 2 is 1.04 bits per heavy atom. The molecular formula is C48H37NO. The van der Waals surface area contributed by atoms with Crippen LogP contribution in [0.4, 0.5) is 17.1 Å². The Hall–Kier alpha value is -6.12. The first-order chi connectivity index (χ1) is 24.4. The van der Waals surface area contributed by atoms with Gasteiger partial charge in [0, 0.05) is 33.3 Å². The van der Waals surface area contributed by atoms with Crippen molar-refractivity contribution in [3.05, 3.63) is 175 Å². The highest BCUT2D eigenvalue weighted by molar-refractivity contribution is 6.08. The van der Waals surface area contributed by atoms with Crippen LogP contribution in [0.25, 0.3) is 65.7 Å². The van der Waals surface area contributed by atoms with Crippen LogP contribution in [0.2, 0.25) is 0 Å². The van der Waals surface area contributed by atoms with Gasteiger partial charge in [0.15, 0.2) is 0 Å². The topological polar surface area (TPSA) is 16.4 Å². The Bertz CT molecular complexity index is 2690. The molecule has 0 aliphatic rings. The minimum absolute atomic E-state index is 0.0983. The molecule has 0 saturated carbocycles. The molecule has 0 amide bonds. The van der Waals surface area contributed by atoms with E-state index in [0.717, 1.165) is 34.0 Å². The molecule has 0 radical (unpaired) electrons. The summed E-state index contributed by atoms with van der Waals surface area (Å²) in [7, 11) is 0. The van der Waals surface area contributed by atoms with Gasteiger partial charge in [-0.15, -0.1) is 0 Å². The second-order valence-corrected chi connectivity index (χ2v) is 14.2. The summed E-state index contributed by atoms with van der Waals surface area (Å²) in [5.41, 5.74) is 8.81. The third-order valence-corrected chi connectivity index (χ3v) is 9.92. The highest BCUT2D eigenvalue weighted by atomic mass is 16.3. The summed E-state index contributed by atoms with van der Waals surface area (Å²) in [6, 6.07) is 61.2. The fraction of sp³-hybridized carbons (Fsp3) is 0.0833. The molecule has 1 heterocycles. The van der Waals surface area contributed by atoms with E-state index in [-0.39, 0.29) is 5.41 Å². The zero-order valence-electron chi connectivity index (χ0n) is 28.5. The maximum Gasteiger partial charge on any atom is 0.139 e. The molecule has 2 heteroatoms. The van der Waals surface area contributed by atoms with E-state index in [0.29, 0.717) is 0 Å². The average Bonchev–Trinajstić information content (AvgIpc) is 3.56. The second-order valence-electron chi connectivity index (χ2n) is 14.2. The van der Waals surface area contributed by atoms with Crippen molar-refractivity contribution >= 4 is 60.3 Å². The lowest BCUT2D eigenvalue weighted by Gasteiger charge is -2.27. The molecule has 0 aliphatic heterocycles. The Labute approximate surface area is 292 Å². The van der Waals surface area contributed by atoms with Gasteiger partial charge in [-0.1, -0.05) is 148 Å². The van der Waals surface area contributed by atoms with Crippen molar-refractivity contribution in [3.8, 4) is 22.5 Å². The molecule has 1 aromatic heterocycles. The standard InChI is InChI=1S/C48H37NO/c1-48(2,3)46-43-19-8-9-21-45(43)50-47(46)37-15-10-16-39(31-37)49(44-20-11-14-33-12-5-7-18-42(33)44)38-27-24-32(25-28-38)35-26-29-41-36(30-35)23-22-34-13-4-6-17-40(34)41/h4-31H,1-3H3. The van der Waals surface area contributed by atoms with Gasteiger partial charge in [0.05, 0.1) is 5.69 Å². The molecule has 9 rings (SSSR count). The van der Waals surface area contributed by atoms with E-state index >= 15 is 0 Å². The van der Waals surface area contributed by atoms with E-state index in [1.807, 2.05) is 6.07 Å². The Balaban J connectivity index is 1.18. The van der Waals surface area contributed by atoms with Crippen molar-refractivity contribution < 1.29 is 4.42 Å². The van der Waals surface area contributed by atoms with E-state index in [1.54, 1.807) is 0 Å². The smallest absolute Gasteiger partial charge is 0.139 e. The maximum atomic E-state index is 6.63. The fourth-order valence-electron chi connectivity index (χ4n) is 7.61. The summed E-state index contributed by atoms with van der Waals surface area (Å²) >= 11 is 0. The first kappa shape index (κ1) is 30.0. The van der Waals surface area contributed by atoms with Gasteiger partial charge in [0.25, 0.3) is 0 Å². The van der Waals surface area contributed by atoms with Gasteiger partial charge in [-0.05, 0) is 85.9 Å². The number of hydrogen-bond acceptors (Lipinski definition) is 2. The predicted molar refractivity (Wildman–Crippen MR) is 213 cm³/mol. The Morgan fingerprint density at radius 3 is 1.84 bits per heavy atom. The molecule has 0 N–H and O–H groups in total. The van der Waals surface area contributed by atoms with Gasteiger partial charge >= 0.3 is 0 Å². The van der Waals surface area contributed by atoms with E-state index in [2.05, 4.69) is 189 Å². The molecule has 2 nitrogen and oxygen atoms in total. The summed E-state index contributed by atoms with van der Waals surface area (Å²) in [4.78, 5) is 2.38. The van der Waals surface area contributed by atoms with E-state index in [1.165, 1.54) is 54.4 Å². The summed E-state index contributed by atoms with van der Waals surface area (Å²) in [6.45, 7) is 6.79. The molecule has 240 valence electrons. The molecule has 9 aromatic rings. The molecule has 0 aliphatic carbocycles. The van der Waals surface area contributed by atoms with E-state index in [4.69, 9.17) is 4.42 Å². The van der Waals surface area contributed by atoms with E-state index in [9.17, 15) is 0 Å². The summed E-state index contributed by atoms with van der Waals surface area (Å²) in [5.74, 6) is 0.929. The number of furan rings is 1. The summed E-state index contributed by atoms with van der Waals surface area (Å²) in [5, 5.41) is 8.67. The molecule has 0 spiro atoms. The first-order valence-electron chi connectivity index (χ1n) is 17.3. The fourth-order valence-corrected chi connectivity index (χ4v) is 7.61. The van der Waals surface area contributed by atoms with Crippen LogP contribution in [0.1, 0.15) is 26.3 Å². The molecule has 0 unspecified atom stereocenters. The van der Waals surface area contributed by atoms with Gasteiger partial charge in [-0.25, -0.2) is 0 Å². The number of nitrogens with zero attached hydrogens (tertiary/aromatic N) is 1. The number of benzene rings is 8. The number of anilines is 3. The number of para-hydroxylation sites is 1. The van der Waals surface area contributed by atoms with Crippen LogP contribution in [-0.2, 0) is 5.41 Å². The normalized spacial score (nSPS) is 11.9. The molecule has 0 bridgehead atoms. The highest BCUT2D eigenvalue weighted by Crippen LogP contribution is 2.44. The van der Waals surface area contributed by atoms with Gasteiger partial charge in [0.1, 0.15) is 11.3 Å².